The molecule has 2 amide bonds. The van der Waals surface area contributed by atoms with Crippen molar-refractivity contribution in [3.63, 3.8) is 0 Å². The van der Waals surface area contributed by atoms with Gasteiger partial charge in [0.15, 0.2) is 5.01 Å². The number of thiazole rings is 1. The molecule has 1 aromatic heterocycles. The van der Waals surface area contributed by atoms with Crippen molar-refractivity contribution in [2.75, 3.05) is 0 Å². The largest absolute Gasteiger partial charge is 0.390 e. The normalized spacial score (nSPS) is 11.4. The minimum atomic E-state index is -1.01. The number of rotatable bonds is 4. The Bertz CT molecular complexity index is 434. The van der Waals surface area contributed by atoms with Crippen molar-refractivity contribution >= 4 is 23.2 Å². The summed E-state index contributed by atoms with van der Waals surface area (Å²) in [6.07, 6.45) is 0.191. The molecule has 0 spiro atoms. The van der Waals surface area contributed by atoms with E-state index in [0.29, 0.717) is 4.88 Å². The fraction of sp³-hybridized carbons (Fsp3) is 0.444. The molecule has 5 N–H and O–H groups in total. The van der Waals surface area contributed by atoms with Crippen LogP contribution >= 0.6 is 11.3 Å². The van der Waals surface area contributed by atoms with Crippen molar-refractivity contribution in [2.24, 2.45) is 11.5 Å². The van der Waals surface area contributed by atoms with Gasteiger partial charge in [-0.25, -0.2) is 4.98 Å². The molecule has 6 nitrogen and oxygen atoms in total. The Labute approximate surface area is 96.3 Å². The van der Waals surface area contributed by atoms with E-state index in [9.17, 15) is 14.7 Å². The maximum atomic E-state index is 11.1. The average molecular weight is 243 g/mol. The average Bonchev–Trinajstić information content (AvgIpc) is 2.44. The summed E-state index contributed by atoms with van der Waals surface area (Å²) in [7, 11) is 0. The molecule has 0 saturated heterocycles. The zero-order chi connectivity index (χ0) is 12.5. The van der Waals surface area contributed by atoms with Crippen LogP contribution in [-0.2, 0) is 6.42 Å². The Morgan fingerprint density at radius 3 is 2.31 bits per heavy atom. The molecule has 88 valence electrons. The zero-order valence-electron chi connectivity index (χ0n) is 8.98. The second kappa shape index (κ2) is 4.18. The first kappa shape index (κ1) is 12.6. The van der Waals surface area contributed by atoms with Gasteiger partial charge in [-0.15, -0.1) is 11.3 Å². The number of carbonyl (C=O) groups is 2. The molecule has 0 bridgehead atoms. The summed E-state index contributed by atoms with van der Waals surface area (Å²) in [5.74, 6) is -1.45. The number of hydrogen-bond acceptors (Lipinski definition) is 5. The summed E-state index contributed by atoms with van der Waals surface area (Å²) in [5.41, 5.74) is 9.17. The Kier molecular flexibility index (Phi) is 3.30. The topological polar surface area (TPSA) is 119 Å². The first-order valence-corrected chi connectivity index (χ1v) is 5.34. The minimum Gasteiger partial charge on any atom is -0.390 e. The number of nitrogens with two attached hydrogens (primary N) is 2. The van der Waals surface area contributed by atoms with Crippen LogP contribution in [0.25, 0.3) is 0 Å². The van der Waals surface area contributed by atoms with E-state index in [1.54, 1.807) is 13.8 Å². The van der Waals surface area contributed by atoms with Gasteiger partial charge in [-0.2, -0.15) is 0 Å². The van der Waals surface area contributed by atoms with Gasteiger partial charge in [0, 0.05) is 11.3 Å². The third kappa shape index (κ3) is 3.01. The van der Waals surface area contributed by atoms with Crippen molar-refractivity contribution in [3.05, 3.63) is 15.6 Å². The fourth-order valence-corrected chi connectivity index (χ4v) is 2.30. The minimum absolute atomic E-state index is 0.000856. The second-order valence-electron chi connectivity index (χ2n) is 4.01. The van der Waals surface area contributed by atoms with Crippen LogP contribution in [-0.4, -0.2) is 27.5 Å². The van der Waals surface area contributed by atoms with Crippen LogP contribution in [0.2, 0.25) is 0 Å². The van der Waals surface area contributed by atoms with Crippen molar-refractivity contribution in [1.82, 2.24) is 4.98 Å². The van der Waals surface area contributed by atoms with Gasteiger partial charge in [0.1, 0.15) is 5.69 Å². The number of aromatic nitrogens is 1. The summed E-state index contributed by atoms with van der Waals surface area (Å²) in [4.78, 5) is 26.2. The van der Waals surface area contributed by atoms with E-state index in [1.165, 1.54) is 0 Å². The summed E-state index contributed by atoms with van der Waals surface area (Å²) < 4.78 is 0. The lowest BCUT2D eigenvalue weighted by Gasteiger charge is -2.15. The molecule has 7 heteroatoms. The molecule has 0 fully saturated rings. The van der Waals surface area contributed by atoms with E-state index in [0.717, 1.165) is 11.3 Å². The van der Waals surface area contributed by atoms with Gasteiger partial charge in [-0.1, -0.05) is 0 Å². The third-order valence-electron chi connectivity index (χ3n) is 1.73. The van der Waals surface area contributed by atoms with Crippen molar-refractivity contribution in [2.45, 2.75) is 25.9 Å². The summed E-state index contributed by atoms with van der Waals surface area (Å²) in [6.45, 7) is 3.17. The molecule has 0 atom stereocenters. The molecule has 1 heterocycles. The lowest BCUT2D eigenvalue weighted by atomic mass is 10.0. The van der Waals surface area contributed by atoms with Crippen LogP contribution in [0.5, 0.6) is 0 Å². The quantitative estimate of drug-likeness (QED) is 0.669. The van der Waals surface area contributed by atoms with Gasteiger partial charge < -0.3 is 16.6 Å². The van der Waals surface area contributed by atoms with E-state index in [2.05, 4.69) is 4.98 Å². The Hall–Kier alpha value is -1.47. The Balaban J connectivity index is 3.15. The molecule has 16 heavy (non-hydrogen) atoms. The van der Waals surface area contributed by atoms with E-state index in [4.69, 9.17) is 11.5 Å². The molecule has 0 aliphatic carbocycles. The lowest BCUT2D eigenvalue weighted by molar-refractivity contribution is 0.0813. The van der Waals surface area contributed by atoms with Gasteiger partial charge in [0.25, 0.3) is 11.8 Å². The van der Waals surface area contributed by atoms with Crippen LogP contribution in [0.3, 0.4) is 0 Å². The van der Waals surface area contributed by atoms with Gasteiger partial charge >= 0.3 is 0 Å². The van der Waals surface area contributed by atoms with Crippen molar-refractivity contribution < 1.29 is 14.7 Å². The second-order valence-corrected chi connectivity index (χ2v) is 5.09. The van der Waals surface area contributed by atoms with E-state index in [1.807, 2.05) is 0 Å². The molecular weight excluding hydrogens is 230 g/mol. The maximum absolute atomic E-state index is 11.1. The number of nitrogens with zero attached hydrogens (tertiary/aromatic N) is 1. The summed E-state index contributed by atoms with van der Waals surface area (Å²) in [6, 6.07) is 0. The van der Waals surface area contributed by atoms with Crippen molar-refractivity contribution in [3.8, 4) is 0 Å². The van der Waals surface area contributed by atoms with Crippen LogP contribution in [0.15, 0.2) is 0 Å². The zero-order valence-corrected chi connectivity index (χ0v) is 9.80. The highest BCUT2D eigenvalue weighted by molar-refractivity contribution is 7.13. The fourth-order valence-electron chi connectivity index (χ4n) is 1.16. The summed E-state index contributed by atoms with van der Waals surface area (Å²) in [5, 5.41) is 9.66. The van der Waals surface area contributed by atoms with Gasteiger partial charge in [0.2, 0.25) is 0 Å². The predicted molar refractivity (Wildman–Crippen MR) is 59.2 cm³/mol. The van der Waals surface area contributed by atoms with Crippen molar-refractivity contribution in [1.29, 1.82) is 0 Å². The molecule has 0 radical (unpaired) electrons. The Morgan fingerprint density at radius 1 is 1.38 bits per heavy atom. The highest BCUT2D eigenvalue weighted by Gasteiger charge is 2.23. The highest BCUT2D eigenvalue weighted by Crippen LogP contribution is 2.23. The summed E-state index contributed by atoms with van der Waals surface area (Å²) >= 11 is 0.976. The Morgan fingerprint density at radius 2 is 1.94 bits per heavy atom. The van der Waals surface area contributed by atoms with Crippen LogP contribution in [0.1, 0.15) is 39.0 Å². The van der Waals surface area contributed by atoms with Crippen LogP contribution in [0, 0.1) is 0 Å². The molecule has 1 aromatic rings. The number of carbonyl (C=O) groups excluding carboxylic acids is 2. The maximum Gasteiger partial charge on any atom is 0.277 e. The molecular formula is C9H13N3O3S. The molecule has 0 saturated carbocycles. The molecule has 0 unspecified atom stereocenters. The molecule has 0 aliphatic rings. The monoisotopic (exact) mass is 243 g/mol. The highest BCUT2D eigenvalue weighted by atomic mass is 32.1. The SMILES string of the molecule is CC(C)(O)Cc1sc(C(N)=O)nc1C(N)=O. The van der Waals surface area contributed by atoms with Gasteiger partial charge in [0.05, 0.1) is 5.60 Å². The molecule has 0 aliphatic heterocycles. The number of aliphatic hydroxyl groups is 1. The first-order chi connectivity index (χ1) is 7.20. The molecule has 0 aromatic carbocycles. The smallest absolute Gasteiger partial charge is 0.277 e. The van der Waals surface area contributed by atoms with E-state index >= 15 is 0 Å². The number of amides is 2. The standard InChI is InChI=1S/C9H13N3O3S/c1-9(2,15)3-4-5(6(10)13)12-8(16-4)7(11)14/h15H,3H2,1-2H3,(H2,10,13)(H2,11,14). The number of hydrogen-bond donors (Lipinski definition) is 3. The molecule has 1 rings (SSSR count). The predicted octanol–water partition coefficient (Wildman–Crippen LogP) is -0.346. The van der Waals surface area contributed by atoms with Gasteiger partial charge in [-0.3, -0.25) is 9.59 Å². The third-order valence-corrected chi connectivity index (χ3v) is 2.80. The lowest BCUT2D eigenvalue weighted by Crippen LogP contribution is -2.23. The van der Waals surface area contributed by atoms with Crippen LogP contribution in [0.4, 0.5) is 0 Å². The van der Waals surface area contributed by atoms with E-state index in [-0.39, 0.29) is 17.1 Å². The van der Waals surface area contributed by atoms with Gasteiger partial charge in [-0.05, 0) is 13.8 Å². The number of primary amides is 2. The van der Waals surface area contributed by atoms with Crippen LogP contribution < -0.4 is 11.5 Å². The van der Waals surface area contributed by atoms with E-state index < -0.39 is 17.4 Å². The first-order valence-electron chi connectivity index (χ1n) is 4.52.